The van der Waals surface area contributed by atoms with Crippen LogP contribution in [0.25, 0.3) is 0 Å². The van der Waals surface area contributed by atoms with E-state index < -0.39 is 0 Å². The summed E-state index contributed by atoms with van der Waals surface area (Å²) in [6.07, 6.45) is 17.1. The van der Waals surface area contributed by atoms with E-state index in [0.29, 0.717) is 17.3 Å². The average molecular weight is 491 g/mol. The first-order valence-electron chi connectivity index (χ1n) is 14.5. The zero-order chi connectivity index (χ0) is 24.9. The van der Waals surface area contributed by atoms with Gasteiger partial charge in [0.2, 0.25) is 0 Å². The number of halogens is 1. The van der Waals surface area contributed by atoms with Gasteiger partial charge in [-0.25, -0.2) is 0 Å². The van der Waals surface area contributed by atoms with Gasteiger partial charge in [0.15, 0.2) is 0 Å². The topological polar surface area (TPSA) is 26.3 Å². The quantitative estimate of drug-likeness (QED) is 0.211. The molecule has 0 aromatic heterocycles. The van der Waals surface area contributed by atoms with Gasteiger partial charge in [-0.05, 0) is 110 Å². The van der Waals surface area contributed by atoms with Crippen molar-refractivity contribution < 1.29 is 9.53 Å². The molecule has 10 atom stereocenters. The van der Waals surface area contributed by atoms with E-state index in [1.165, 1.54) is 45.4 Å². The number of fused-ring (bicyclic) bond motifs is 5. The Kier molecular flexibility index (Phi) is 7.62. The van der Waals surface area contributed by atoms with Gasteiger partial charge in [0.05, 0.1) is 4.87 Å². The molecule has 0 aromatic rings. The van der Waals surface area contributed by atoms with E-state index in [-0.39, 0.29) is 22.4 Å². The third kappa shape index (κ3) is 4.41. The van der Waals surface area contributed by atoms with E-state index in [1.807, 2.05) is 0 Å². The van der Waals surface area contributed by atoms with Gasteiger partial charge in [-0.2, -0.15) is 0 Å². The molecule has 0 amide bonds. The minimum Gasteiger partial charge on any atom is -0.462 e. The molecule has 194 valence electrons. The van der Waals surface area contributed by atoms with Gasteiger partial charge >= 0.3 is 5.97 Å². The van der Waals surface area contributed by atoms with Gasteiger partial charge in [0.1, 0.15) is 6.10 Å². The van der Waals surface area contributed by atoms with Gasteiger partial charge in [-0.3, -0.25) is 4.79 Å². The summed E-state index contributed by atoms with van der Waals surface area (Å²) in [4.78, 5) is 11.4. The molecular weight excluding hydrogens is 440 g/mol. The maximum Gasteiger partial charge on any atom is 0.302 e. The van der Waals surface area contributed by atoms with Crippen LogP contribution in [-0.4, -0.2) is 16.9 Å². The molecular formula is C31H51ClO2. The van der Waals surface area contributed by atoms with Crippen LogP contribution in [0.5, 0.6) is 0 Å². The Morgan fingerprint density at radius 2 is 1.74 bits per heavy atom. The van der Waals surface area contributed by atoms with Crippen LogP contribution in [0.2, 0.25) is 0 Å². The van der Waals surface area contributed by atoms with Gasteiger partial charge in [-0.15, -0.1) is 11.6 Å². The highest BCUT2D eigenvalue weighted by Gasteiger charge is 2.64. The predicted molar refractivity (Wildman–Crippen MR) is 143 cm³/mol. The lowest BCUT2D eigenvalue weighted by Gasteiger charge is -2.64. The normalized spacial score (nSPS) is 46.0. The number of carbonyl (C=O) groups excluding carboxylic acids is 1. The molecule has 34 heavy (non-hydrogen) atoms. The zero-order valence-electron chi connectivity index (χ0n) is 23.0. The smallest absolute Gasteiger partial charge is 0.302 e. The SMILES string of the molecule is CCC(/C=C/C(C)C1CCC2C3CC[C@@]4(Cl)CC(OC(C)=O)CCC4(C)C3CCC12C)C(C)C. The summed E-state index contributed by atoms with van der Waals surface area (Å²) in [5.74, 6) is 5.16. The monoisotopic (exact) mass is 490 g/mol. The lowest BCUT2D eigenvalue weighted by Crippen LogP contribution is -2.60. The summed E-state index contributed by atoms with van der Waals surface area (Å²) >= 11 is 7.48. The summed E-state index contributed by atoms with van der Waals surface area (Å²) in [5, 5.41) is 0. The Labute approximate surface area is 215 Å². The molecule has 0 N–H and O–H groups in total. The molecule has 0 aromatic carbocycles. The lowest BCUT2D eigenvalue weighted by molar-refractivity contribution is -0.157. The van der Waals surface area contributed by atoms with E-state index in [2.05, 4.69) is 53.7 Å². The Bertz CT molecular complexity index is 775. The molecule has 4 aliphatic rings. The third-order valence-electron chi connectivity index (χ3n) is 11.7. The second kappa shape index (κ2) is 9.75. The molecule has 2 nitrogen and oxygen atoms in total. The van der Waals surface area contributed by atoms with Crippen LogP contribution in [0.4, 0.5) is 0 Å². The van der Waals surface area contributed by atoms with E-state index in [1.54, 1.807) is 0 Å². The summed E-state index contributed by atoms with van der Waals surface area (Å²) in [7, 11) is 0. The van der Waals surface area contributed by atoms with Crippen LogP contribution >= 0.6 is 11.6 Å². The number of carbonyl (C=O) groups is 1. The van der Waals surface area contributed by atoms with Crippen LogP contribution in [0, 0.1) is 52.3 Å². The number of rotatable bonds is 6. The molecule has 0 bridgehead atoms. The van der Waals surface area contributed by atoms with Gasteiger partial charge in [0, 0.05) is 13.3 Å². The summed E-state index contributed by atoms with van der Waals surface area (Å²) in [6, 6.07) is 0. The summed E-state index contributed by atoms with van der Waals surface area (Å²) < 4.78 is 5.64. The summed E-state index contributed by atoms with van der Waals surface area (Å²) in [5.41, 5.74) is 0.646. The molecule has 0 saturated heterocycles. The Hall–Kier alpha value is -0.500. The maximum absolute atomic E-state index is 11.6. The first kappa shape index (κ1) is 26.6. The van der Waals surface area contributed by atoms with Crippen molar-refractivity contribution in [3.63, 3.8) is 0 Å². The molecule has 0 radical (unpaired) electrons. The van der Waals surface area contributed by atoms with E-state index in [0.717, 1.165) is 55.3 Å². The Morgan fingerprint density at radius 1 is 1.00 bits per heavy atom. The first-order valence-corrected chi connectivity index (χ1v) is 14.9. The standard InChI is InChI=1S/C31H51ClO2/c1-8-23(20(2)3)10-9-21(4)26-11-12-27-25-14-18-31(32)19-24(34-22(5)33)13-17-30(31,7)28(25)15-16-29(26,27)6/h9-10,20-21,23-28H,8,11-19H2,1-7H3/b10-9+/t21?,23?,24?,25?,26?,27?,28?,29?,30?,31-/m1/s1. The molecule has 3 heteroatoms. The fraction of sp³-hybridized carbons (Fsp3) is 0.903. The predicted octanol–water partition coefficient (Wildman–Crippen LogP) is 8.81. The highest BCUT2D eigenvalue weighted by Crippen LogP contribution is 2.70. The van der Waals surface area contributed by atoms with Crippen LogP contribution in [0.1, 0.15) is 113 Å². The van der Waals surface area contributed by atoms with Crippen molar-refractivity contribution in [2.24, 2.45) is 52.3 Å². The Morgan fingerprint density at radius 3 is 2.38 bits per heavy atom. The van der Waals surface area contributed by atoms with Crippen molar-refractivity contribution in [1.82, 2.24) is 0 Å². The van der Waals surface area contributed by atoms with Crippen molar-refractivity contribution in [3.05, 3.63) is 12.2 Å². The fourth-order valence-corrected chi connectivity index (χ4v) is 10.2. The minimum absolute atomic E-state index is 0.00904. The molecule has 0 aliphatic heterocycles. The van der Waals surface area contributed by atoms with Crippen molar-refractivity contribution in [3.8, 4) is 0 Å². The minimum atomic E-state index is -0.208. The number of ether oxygens (including phenoxy) is 1. The number of allylic oxidation sites excluding steroid dienone is 2. The van der Waals surface area contributed by atoms with E-state index >= 15 is 0 Å². The second-order valence-corrected chi connectivity index (χ2v) is 14.3. The third-order valence-corrected chi connectivity index (χ3v) is 12.5. The van der Waals surface area contributed by atoms with Crippen LogP contribution in [0.3, 0.4) is 0 Å². The van der Waals surface area contributed by atoms with Crippen LogP contribution in [0.15, 0.2) is 12.2 Å². The highest BCUT2D eigenvalue weighted by molar-refractivity contribution is 6.24. The van der Waals surface area contributed by atoms with Crippen molar-refractivity contribution in [1.29, 1.82) is 0 Å². The van der Waals surface area contributed by atoms with Crippen molar-refractivity contribution >= 4 is 17.6 Å². The summed E-state index contributed by atoms with van der Waals surface area (Å²) in [6.45, 7) is 16.2. The Balaban J connectivity index is 1.50. The molecule has 4 fully saturated rings. The van der Waals surface area contributed by atoms with Crippen LogP contribution in [-0.2, 0) is 9.53 Å². The molecule has 4 rings (SSSR count). The highest BCUT2D eigenvalue weighted by atomic mass is 35.5. The molecule has 4 aliphatic carbocycles. The van der Waals surface area contributed by atoms with Gasteiger partial charge < -0.3 is 4.74 Å². The average Bonchev–Trinajstić information content (AvgIpc) is 3.11. The molecule has 0 heterocycles. The largest absolute Gasteiger partial charge is 0.462 e. The molecule has 9 unspecified atom stereocenters. The van der Waals surface area contributed by atoms with Crippen LogP contribution < -0.4 is 0 Å². The molecule has 0 spiro atoms. The lowest BCUT2D eigenvalue weighted by atomic mass is 9.44. The maximum atomic E-state index is 11.6. The fourth-order valence-electron chi connectivity index (χ4n) is 9.68. The number of hydrogen-bond donors (Lipinski definition) is 0. The van der Waals surface area contributed by atoms with Gasteiger partial charge in [0.25, 0.3) is 0 Å². The first-order chi connectivity index (χ1) is 15.9. The van der Waals surface area contributed by atoms with E-state index in [9.17, 15) is 4.79 Å². The number of alkyl halides is 1. The van der Waals surface area contributed by atoms with Crippen molar-refractivity contribution in [2.45, 2.75) is 124 Å². The van der Waals surface area contributed by atoms with E-state index in [4.69, 9.17) is 16.3 Å². The zero-order valence-corrected chi connectivity index (χ0v) is 23.8. The number of hydrogen-bond acceptors (Lipinski definition) is 2. The molecule has 4 saturated carbocycles. The number of esters is 1. The second-order valence-electron chi connectivity index (χ2n) is 13.6. The van der Waals surface area contributed by atoms with Crippen molar-refractivity contribution in [2.75, 3.05) is 0 Å². The van der Waals surface area contributed by atoms with Gasteiger partial charge in [-0.1, -0.05) is 53.7 Å².